The van der Waals surface area contributed by atoms with E-state index in [1.165, 1.54) is 17.7 Å². The number of rotatable bonds is 1. The third-order valence-corrected chi connectivity index (χ3v) is 4.83. The fraction of sp³-hybridized carbons (Fsp3) is 0.750. The van der Waals surface area contributed by atoms with Gasteiger partial charge in [0.05, 0.1) is 12.2 Å². The number of likely N-dealkylation sites (tertiary alicyclic amines) is 1. The number of nitrogens with zero attached hydrogens (tertiary/aromatic N) is 3. The Balaban J connectivity index is 1.68. The van der Waals surface area contributed by atoms with Crippen molar-refractivity contribution in [3.63, 3.8) is 0 Å². The average molecular weight is 290 g/mol. The summed E-state index contributed by atoms with van der Waals surface area (Å²) in [6, 6.07) is 0.220. The number of carbonyl (C=O) groups excluding carboxylic acids is 1. The molecule has 0 spiro atoms. The molecule has 21 heavy (non-hydrogen) atoms. The second-order valence-electron chi connectivity index (χ2n) is 6.92. The van der Waals surface area contributed by atoms with E-state index in [1.54, 1.807) is 0 Å². The Bertz CT molecular complexity index is 514. The van der Waals surface area contributed by atoms with E-state index in [-0.39, 0.29) is 12.1 Å². The molecular weight excluding hydrogens is 264 g/mol. The Morgan fingerprint density at radius 3 is 2.76 bits per heavy atom. The molecule has 2 aliphatic rings. The van der Waals surface area contributed by atoms with Crippen molar-refractivity contribution in [3.05, 3.63) is 17.5 Å². The number of fused-ring (bicyclic) bond motifs is 1. The van der Waals surface area contributed by atoms with Gasteiger partial charge in [-0.05, 0) is 37.5 Å². The highest BCUT2D eigenvalue weighted by Crippen LogP contribution is 2.29. The summed E-state index contributed by atoms with van der Waals surface area (Å²) in [5, 5.41) is 7.58. The van der Waals surface area contributed by atoms with E-state index >= 15 is 0 Å². The van der Waals surface area contributed by atoms with Gasteiger partial charge in [0.25, 0.3) is 0 Å². The van der Waals surface area contributed by atoms with Crippen LogP contribution in [-0.2, 0) is 13.5 Å². The van der Waals surface area contributed by atoms with E-state index in [1.807, 2.05) is 22.8 Å². The topological polar surface area (TPSA) is 50.2 Å². The number of amides is 2. The van der Waals surface area contributed by atoms with Gasteiger partial charge in [-0.1, -0.05) is 13.8 Å². The third-order valence-electron chi connectivity index (χ3n) is 4.83. The summed E-state index contributed by atoms with van der Waals surface area (Å²) in [6.07, 6.45) is 6.34. The third kappa shape index (κ3) is 2.92. The molecule has 0 bridgehead atoms. The molecule has 3 unspecified atom stereocenters. The summed E-state index contributed by atoms with van der Waals surface area (Å²) in [6.45, 7) is 6.22. The molecule has 3 atom stereocenters. The smallest absolute Gasteiger partial charge is 0.317 e. The molecule has 0 aromatic carbocycles. The first-order valence-electron chi connectivity index (χ1n) is 8.10. The molecule has 1 aliphatic carbocycles. The zero-order valence-electron chi connectivity index (χ0n) is 13.3. The van der Waals surface area contributed by atoms with Gasteiger partial charge in [-0.2, -0.15) is 5.10 Å². The van der Waals surface area contributed by atoms with E-state index in [9.17, 15) is 4.79 Å². The highest BCUT2D eigenvalue weighted by Gasteiger charge is 2.29. The predicted molar refractivity (Wildman–Crippen MR) is 81.9 cm³/mol. The van der Waals surface area contributed by atoms with E-state index in [0.29, 0.717) is 11.8 Å². The summed E-state index contributed by atoms with van der Waals surface area (Å²) in [4.78, 5) is 14.6. The lowest BCUT2D eigenvalue weighted by atomic mass is 9.91. The van der Waals surface area contributed by atoms with Crippen molar-refractivity contribution in [1.29, 1.82) is 0 Å². The van der Waals surface area contributed by atoms with Crippen LogP contribution in [0.1, 0.15) is 50.4 Å². The van der Waals surface area contributed by atoms with Crippen molar-refractivity contribution < 1.29 is 4.79 Å². The number of carbonyl (C=O) groups is 1. The van der Waals surface area contributed by atoms with Crippen molar-refractivity contribution in [2.75, 3.05) is 13.1 Å². The van der Waals surface area contributed by atoms with E-state index in [4.69, 9.17) is 0 Å². The summed E-state index contributed by atoms with van der Waals surface area (Å²) in [5.74, 6) is 1.19. The molecule has 1 aromatic heterocycles. The van der Waals surface area contributed by atoms with Gasteiger partial charge in [-0.25, -0.2) is 4.79 Å². The molecule has 1 aliphatic heterocycles. The van der Waals surface area contributed by atoms with Crippen LogP contribution in [0.5, 0.6) is 0 Å². The second-order valence-corrected chi connectivity index (χ2v) is 6.92. The van der Waals surface area contributed by atoms with Crippen molar-refractivity contribution in [2.24, 2.45) is 18.9 Å². The highest BCUT2D eigenvalue weighted by atomic mass is 16.2. The lowest BCUT2D eigenvalue weighted by molar-refractivity contribution is 0.142. The minimum Gasteiger partial charge on any atom is -0.331 e. The van der Waals surface area contributed by atoms with Crippen LogP contribution in [0.4, 0.5) is 4.79 Å². The van der Waals surface area contributed by atoms with Gasteiger partial charge < -0.3 is 10.2 Å². The highest BCUT2D eigenvalue weighted by molar-refractivity contribution is 5.75. The van der Waals surface area contributed by atoms with Crippen molar-refractivity contribution in [1.82, 2.24) is 20.0 Å². The van der Waals surface area contributed by atoms with Crippen molar-refractivity contribution in [2.45, 2.75) is 45.6 Å². The van der Waals surface area contributed by atoms with Crippen LogP contribution >= 0.6 is 0 Å². The van der Waals surface area contributed by atoms with Crippen molar-refractivity contribution >= 4 is 6.03 Å². The van der Waals surface area contributed by atoms with E-state index in [2.05, 4.69) is 24.3 Å². The Hall–Kier alpha value is -1.52. The van der Waals surface area contributed by atoms with Crippen LogP contribution in [0.25, 0.3) is 0 Å². The van der Waals surface area contributed by atoms with Gasteiger partial charge in [-0.3, -0.25) is 4.68 Å². The Morgan fingerprint density at radius 2 is 2.05 bits per heavy atom. The minimum atomic E-state index is 0.0927. The first-order chi connectivity index (χ1) is 10.0. The van der Waals surface area contributed by atoms with Crippen LogP contribution in [0, 0.1) is 11.8 Å². The molecule has 2 amide bonds. The lowest BCUT2D eigenvalue weighted by Crippen LogP contribution is -2.48. The lowest BCUT2D eigenvalue weighted by Gasteiger charge is -2.36. The number of hydrogen-bond donors (Lipinski definition) is 1. The minimum absolute atomic E-state index is 0.0927. The van der Waals surface area contributed by atoms with Gasteiger partial charge in [0.1, 0.15) is 0 Å². The molecular formula is C16H26N4O. The maximum absolute atomic E-state index is 12.6. The van der Waals surface area contributed by atoms with Gasteiger partial charge in [0.2, 0.25) is 0 Å². The standard InChI is InChI=1S/C16H26N4O/c1-11-7-12(2)10-20(9-11)16(21)18-14-5-4-6-15-13(14)8-17-19(15)3/h8,11-12,14H,4-7,9-10H2,1-3H3,(H,18,21). The summed E-state index contributed by atoms with van der Waals surface area (Å²) in [7, 11) is 1.98. The number of aromatic nitrogens is 2. The fourth-order valence-electron chi connectivity index (χ4n) is 3.93. The van der Waals surface area contributed by atoms with Gasteiger partial charge in [0.15, 0.2) is 0 Å². The average Bonchev–Trinajstić information content (AvgIpc) is 2.81. The molecule has 5 heteroatoms. The maximum Gasteiger partial charge on any atom is 0.317 e. The summed E-state index contributed by atoms with van der Waals surface area (Å²) < 4.78 is 1.94. The second kappa shape index (κ2) is 5.70. The summed E-state index contributed by atoms with van der Waals surface area (Å²) in [5.41, 5.74) is 2.47. The molecule has 0 saturated carbocycles. The fourth-order valence-corrected chi connectivity index (χ4v) is 3.93. The van der Waals surface area contributed by atoms with Crippen LogP contribution in [0.15, 0.2) is 6.20 Å². The van der Waals surface area contributed by atoms with Crippen molar-refractivity contribution in [3.8, 4) is 0 Å². The molecule has 1 aromatic rings. The SMILES string of the molecule is CC1CC(C)CN(C(=O)NC2CCCc3c2cnn3C)C1. The first-order valence-corrected chi connectivity index (χ1v) is 8.10. The van der Waals surface area contributed by atoms with Gasteiger partial charge in [-0.15, -0.1) is 0 Å². The molecule has 1 N–H and O–H groups in total. The predicted octanol–water partition coefficient (Wildman–Crippen LogP) is 2.49. The Kier molecular flexibility index (Phi) is 3.91. The molecule has 3 rings (SSSR count). The molecule has 116 valence electrons. The first kappa shape index (κ1) is 14.4. The van der Waals surface area contributed by atoms with Gasteiger partial charge >= 0.3 is 6.03 Å². The summed E-state index contributed by atoms with van der Waals surface area (Å²) >= 11 is 0. The number of urea groups is 1. The zero-order valence-corrected chi connectivity index (χ0v) is 13.3. The molecule has 2 heterocycles. The maximum atomic E-state index is 12.6. The number of aryl methyl sites for hydroxylation is 1. The molecule has 0 radical (unpaired) electrons. The number of piperidine rings is 1. The quantitative estimate of drug-likeness (QED) is 0.864. The number of hydrogen-bond acceptors (Lipinski definition) is 2. The van der Waals surface area contributed by atoms with Crippen LogP contribution < -0.4 is 5.32 Å². The molecule has 1 saturated heterocycles. The van der Waals surface area contributed by atoms with Crippen LogP contribution in [0.2, 0.25) is 0 Å². The monoisotopic (exact) mass is 290 g/mol. The van der Waals surface area contributed by atoms with E-state index < -0.39 is 0 Å². The zero-order chi connectivity index (χ0) is 15.0. The molecule has 5 nitrogen and oxygen atoms in total. The van der Waals surface area contributed by atoms with Gasteiger partial charge in [0, 0.05) is 31.4 Å². The largest absolute Gasteiger partial charge is 0.331 e. The molecule has 1 fully saturated rings. The Morgan fingerprint density at radius 1 is 1.33 bits per heavy atom. The van der Waals surface area contributed by atoms with E-state index in [0.717, 1.165) is 32.4 Å². The van der Waals surface area contributed by atoms with Crippen LogP contribution in [-0.4, -0.2) is 33.8 Å². The Labute approximate surface area is 126 Å². The number of nitrogens with one attached hydrogen (secondary N) is 1. The normalized spacial score (nSPS) is 29.1. The van der Waals surface area contributed by atoms with Crippen LogP contribution in [0.3, 0.4) is 0 Å².